The quantitative estimate of drug-likeness (QED) is 0.586. The summed E-state index contributed by atoms with van der Waals surface area (Å²) >= 11 is 0. The van der Waals surface area contributed by atoms with E-state index < -0.39 is 0 Å². The Kier molecular flexibility index (Phi) is 6.66. The fourth-order valence-corrected chi connectivity index (χ4v) is 3.16. The first-order chi connectivity index (χ1) is 13.6. The van der Waals surface area contributed by atoms with Gasteiger partial charge in [-0.25, -0.2) is 4.98 Å². The highest BCUT2D eigenvalue weighted by Gasteiger charge is 2.14. The van der Waals surface area contributed by atoms with Gasteiger partial charge >= 0.3 is 0 Å². The molecule has 0 saturated heterocycles. The number of benzene rings is 1. The van der Waals surface area contributed by atoms with Gasteiger partial charge in [0.2, 0.25) is 5.88 Å². The molecule has 6 nitrogen and oxygen atoms in total. The van der Waals surface area contributed by atoms with E-state index in [0.29, 0.717) is 23.6 Å². The lowest BCUT2D eigenvalue weighted by atomic mass is 10.1. The van der Waals surface area contributed by atoms with E-state index >= 15 is 0 Å². The molecule has 0 saturated carbocycles. The largest absolute Gasteiger partial charge is 0.478 e. The van der Waals surface area contributed by atoms with Gasteiger partial charge in [-0.1, -0.05) is 26.0 Å². The number of rotatable bonds is 9. The normalized spacial score (nSPS) is 11.1. The van der Waals surface area contributed by atoms with E-state index in [0.717, 1.165) is 37.3 Å². The molecular formula is C22H28N4O2. The van der Waals surface area contributed by atoms with Crippen molar-refractivity contribution >= 4 is 22.6 Å². The van der Waals surface area contributed by atoms with Crippen LogP contribution in [-0.2, 0) is 6.42 Å². The number of nitrogens with one attached hydrogen (secondary N) is 2. The fraction of sp³-hybridized carbons (Fsp3) is 0.364. The third-order valence-corrected chi connectivity index (χ3v) is 4.86. The Balaban J connectivity index is 1.67. The molecule has 1 amide bonds. The number of aromatic amines is 1. The molecule has 2 N–H and O–H groups in total. The number of pyridine rings is 1. The fourth-order valence-electron chi connectivity index (χ4n) is 3.16. The molecule has 148 valence electrons. The molecule has 0 radical (unpaired) electrons. The van der Waals surface area contributed by atoms with Gasteiger partial charge in [-0.3, -0.25) is 4.79 Å². The first kappa shape index (κ1) is 19.9. The lowest BCUT2D eigenvalue weighted by Gasteiger charge is -2.17. The molecule has 2 aromatic heterocycles. The van der Waals surface area contributed by atoms with Crippen molar-refractivity contribution in [3.05, 3.63) is 53.7 Å². The van der Waals surface area contributed by atoms with Crippen LogP contribution in [0.1, 0.15) is 36.7 Å². The standard InChI is InChI=1S/C22H28N4O2/c1-4-26(5-2)14-13-16-7-9-17(10-8-16)24-22(27)18-15-23-19-11-12-20(28-6-3)25-21(18)19/h7-12,15,23H,4-6,13-14H2,1-3H3,(H,24,27). The number of H-pyrrole nitrogens is 1. The summed E-state index contributed by atoms with van der Waals surface area (Å²) in [6.07, 6.45) is 2.68. The van der Waals surface area contributed by atoms with Gasteiger partial charge in [-0.15, -0.1) is 0 Å². The minimum atomic E-state index is -0.191. The summed E-state index contributed by atoms with van der Waals surface area (Å²) in [6, 6.07) is 11.7. The Morgan fingerprint density at radius 3 is 2.54 bits per heavy atom. The Labute approximate surface area is 165 Å². The molecule has 1 aromatic carbocycles. The smallest absolute Gasteiger partial charge is 0.259 e. The van der Waals surface area contributed by atoms with Crippen LogP contribution in [0.15, 0.2) is 42.6 Å². The molecule has 0 atom stereocenters. The van der Waals surface area contributed by atoms with Gasteiger partial charge in [0.25, 0.3) is 5.91 Å². The van der Waals surface area contributed by atoms with Crippen LogP contribution in [0.4, 0.5) is 5.69 Å². The van der Waals surface area contributed by atoms with Crippen LogP contribution in [0.2, 0.25) is 0 Å². The third-order valence-electron chi connectivity index (χ3n) is 4.86. The average Bonchev–Trinajstić information content (AvgIpc) is 3.13. The number of amides is 1. The van der Waals surface area contributed by atoms with Gasteiger partial charge < -0.3 is 19.9 Å². The summed E-state index contributed by atoms with van der Waals surface area (Å²) < 4.78 is 5.45. The molecule has 0 aliphatic rings. The van der Waals surface area contributed by atoms with Crippen molar-refractivity contribution in [2.24, 2.45) is 0 Å². The molecule has 0 spiro atoms. The van der Waals surface area contributed by atoms with Crippen molar-refractivity contribution in [1.29, 1.82) is 0 Å². The van der Waals surface area contributed by atoms with Crippen LogP contribution in [0.5, 0.6) is 5.88 Å². The molecule has 0 fully saturated rings. The van der Waals surface area contributed by atoms with Crippen molar-refractivity contribution < 1.29 is 9.53 Å². The molecule has 6 heteroatoms. The highest BCUT2D eigenvalue weighted by atomic mass is 16.5. The predicted octanol–water partition coefficient (Wildman–Crippen LogP) is 4.10. The van der Waals surface area contributed by atoms with Crippen molar-refractivity contribution in [2.75, 3.05) is 31.6 Å². The van der Waals surface area contributed by atoms with Gasteiger partial charge in [0.15, 0.2) is 0 Å². The number of aromatic nitrogens is 2. The van der Waals surface area contributed by atoms with Gasteiger partial charge in [0, 0.05) is 24.5 Å². The van der Waals surface area contributed by atoms with E-state index in [9.17, 15) is 4.79 Å². The lowest BCUT2D eigenvalue weighted by molar-refractivity contribution is 0.102. The van der Waals surface area contributed by atoms with E-state index in [1.165, 1.54) is 5.56 Å². The number of ether oxygens (including phenoxy) is 1. The Morgan fingerprint density at radius 2 is 1.86 bits per heavy atom. The zero-order valence-corrected chi connectivity index (χ0v) is 16.8. The maximum Gasteiger partial charge on any atom is 0.259 e. The highest BCUT2D eigenvalue weighted by molar-refractivity contribution is 6.11. The molecule has 3 rings (SSSR count). The second-order valence-electron chi connectivity index (χ2n) is 6.61. The first-order valence-electron chi connectivity index (χ1n) is 9.88. The summed E-state index contributed by atoms with van der Waals surface area (Å²) in [5.41, 5.74) is 3.95. The summed E-state index contributed by atoms with van der Waals surface area (Å²) in [6.45, 7) is 9.97. The monoisotopic (exact) mass is 380 g/mol. The number of carbonyl (C=O) groups is 1. The van der Waals surface area contributed by atoms with Gasteiger partial charge in [0.1, 0.15) is 5.52 Å². The van der Waals surface area contributed by atoms with Gasteiger partial charge in [-0.2, -0.15) is 0 Å². The minimum Gasteiger partial charge on any atom is -0.478 e. The van der Waals surface area contributed by atoms with Crippen molar-refractivity contribution in [2.45, 2.75) is 27.2 Å². The molecular weight excluding hydrogens is 352 g/mol. The number of carbonyl (C=O) groups excluding carboxylic acids is 1. The molecule has 0 unspecified atom stereocenters. The predicted molar refractivity (Wildman–Crippen MR) is 113 cm³/mol. The van der Waals surface area contributed by atoms with E-state index in [4.69, 9.17) is 4.74 Å². The van der Waals surface area contributed by atoms with Crippen LogP contribution in [0.3, 0.4) is 0 Å². The topological polar surface area (TPSA) is 70.2 Å². The van der Waals surface area contributed by atoms with Crippen LogP contribution in [-0.4, -0.2) is 47.0 Å². The average molecular weight is 380 g/mol. The number of likely N-dealkylation sites (N-methyl/N-ethyl adjacent to an activating group) is 1. The van der Waals surface area contributed by atoms with E-state index in [1.54, 1.807) is 12.3 Å². The molecule has 0 aliphatic carbocycles. The molecule has 0 aliphatic heterocycles. The molecule has 28 heavy (non-hydrogen) atoms. The number of fused-ring (bicyclic) bond motifs is 1. The van der Waals surface area contributed by atoms with Crippen molar-refractivity contribution in [1.82, 2.24) is 14.9 Å². The number of anilines is 1. The van der Waals surface area contributed by atoms with E-state index in [2.05, 4.69) is 46.2 Å². The maximum absolute atomic E-state index is 12.7. The second-order valence-corrected chi connectivity index (χ2v) is 6.61. The summed E-state index contributed by atoms with van der Waals surface area (Å²) in [4.78, 5) is 22.6. The maximum atomic E-state index is 12.7. The van der Waals surface area contributed by atoms with Crippen LogP contribution < -0.4 is 10.1 Å². The minimum absolute atomic E-state index is 0.191. The van der Waals surface area contributed by atoms with Crippen molar-refractivity contribution in [3.8, 4) is 5.88 Å². The van der Waals surface area contributed by atoms with Gasteiger partial charge in [-0.05, 0) is 50.2 Å². The molecule has 0 bridgehead atoms. The Bertz CT molecular complexity index is 914. The number of nitrogens with zero attached hydrogens (tertiary/aromatic N) is 2. The second kappa shape index (κ2) is 9.37. The van der Waals surface area contributed by atoms with Gasteiger partial charge in [0.05, 0.1) is 17.7 Å². The zero-order chi connectivity index (χ0) is 19.9. The first-order valence-corrected chi connectivity index (χ1v) is 9.88. The lowest BCUT2D eigenvalue weighted by Crippen LogP contribution is -2.25. The van der Waals surface area contributed by atoms with Crippen LogP contribution in [0.25, 0.3) is 11.0 Å². The number of hydrogen-bond donors (Lipinski definition) is 2. The highest BCUT2D eigenvalue weighted by Crippen LogP contribution is 2.21. The van der Waals surface area contributed by atoms with Crippen LogP contribution >= 0.6 is 0 Å². The molecule has 2 heterocycles. The Morgan fingerprint density at radius 1 is 1.11 bits per heavy atom. The Hall–Kier alpha value is -2.86. The summed E-state index contributed by atoms with van der Waals surface area (Å²) in [5, 5.41) is 2.95. The summed E-state index contributed by atoms with van der Waals surface area (Å²) in [7, 11) is 0. The molecule has 3 aromatic rings. The zero-order valence-electron chi connectivity index (χ0n) is 16.8. The van der Waals surface area contributed by atoms with Crippen molar-refractivity contribution in [3.63, 3.8) is 0 Å². The van der Waals surface area contributed by atoms with Crippen LogP contribution in [0, 0.1) is 0 Å². The third kappa shape index (κ3) is 4.70. The number of hydrogen-bond acceptors (Lipinski definition) is 4. The van der Waals surface area contributed by atoms with E-state index in [-0.39, 0.29) is 5.91 Å². The SMILES string of the molecule is CCOc1ccc2[nH]cc(C(=O)Nc3ccc(CCN(CC)CC)cc3)c2n1. The summed E-state index contributed by atoms with van der Waals surface area (Å²) in [5.74, 6) is 0.324. The van der Waals surface area contributed by atoms with E-state index in [1.807, 2.05) is 25.1 Å².